The van der Waals surface area contributed by atoms with Gasteiger partial charge in [-0.15, -0.1) is 0 Å². The number of hydrogen-bond donors (Lipinski definition) is 1. The van der Waals surface area contributed by atoms with E-state index in [9.17, 15) is 13.6 Å². The largest absolute Gasteiger partial charge is 0.312 e. The molecule has 2 heterocycles. The SMILES string of the molecule is O=c1cc(C(F)F)ncn1CC1CCCN1. The Hall–Kier alpha value is -1.30. The fourth-order valence-electron chi connectivity index (χ4n) is 1.85. The zero-order valence-corrected chi connectivity index (χ0v) is 8.70. The number of aromatic nitrogens is 2. The minimum atomic E-state index is -2.69. The molecule has 16 heavy (non-hydrogen) atoms. The van der Waals surface area contributed by atoms with E-state index in [1.165, 1.54) is 10.9 Å². The third kappa shape index (κ3) is 2.44. The molecule has 88 valence electrons. The molecule has 0 aromatic carbocycles. The predicted molar refractivity (Wildman–Crippen MR) is 54.5 cm³/mol. The molecule has 1 aliphatic rings. The van der Waals surface area contributed by atoms with Crippen molar-refractivity contribution in [2.75, 3.05) is 6.54 Å². The maximum absolute atomic E-state index is 12.3. The van der Waals surface area contributed by atoms with Gasteiger partial charge in [0.15, 0.2) is 0 Å². The van der Waals surface area contributed by atoms with Crippen LogP contribution in [0.4, 0.5) is 8.78 Å². The van der Waals surface area contributed by atoms with Crippen LogP contribution < -0.4 is 10.9 Å². The lowest BCUT2D eigenvalue weighted by Gasteiger charge is -2.12. The third-order valence-corrected chi connectivity index (χ3v) is 2.70. The van der Waals surface area contributed by atoms with Gasteiger partial charge in [0.05, 0.1) is 6.33 Å². The van der Waals surface area contributed by atoms with Gasteiger partial charge in [-0.1, -0.05) is 0 Å². The van der Waals surface area contributed by atoms with E-state index in [0.29, 0.717) is 6.54 Å². The molecule has 0 bridgehead atoms. The van der Waals surface area contributed by atoms with Crippen molar-refractivity contribution in [3.63, 3.8) is 0 Å². The molecule has 0 amide bonds. The van der Waals surface area contributed by atoms with Crippen LogP contribution in [0.2, 0.25) is 0 Å². The van der Waals surface area contributed by atoms with Crippen LogP contribution in [0, 0.1) is 0 Å². The molecule has 0 spiro atoms. The van der Waals surface area contributed by atoms with Gasteiger partial charge in [-0.25, -0.2) is 13.8 Å². The number of nitrogens with one attached hydrogen (secondary N) is 1. The maximum Gasteiger partial charge on any atom is 0.280 e. The molecule has 1 aromatic heterocycles. The summed E-state index contributed by atoms with van der Waals surface area (Å²) in [7, 11) is 0. The Labute approximate surface area is 91.3 Å². The van der Waals surface area contributed by atoms with Gasteiger partial charge in [0, 0.05) is 18.7 Å². The first-order chi connectivity index (χ1) is 7.66. The molecule has 1 unspecified atom stereocenters. The van der Waals surface area contributed by atoms with Crippen LogP contribution in [0.1, 0.15) is 25.0 Å². The molecule has 0 aliphatic carbocycles. The first-order valence-electron chi connectivity index (χ1n) is 5.25. The zero-order chi connectivity index (χ0) is 11.5. The van der Waals surface area contributed by atoms with Crippen molar-refractivity contribution in [3.8, 4) is 0 Å². The van der Waals surface area contributed by atoms with Crippen LogP contribution in [-0.4, -0.2) is 22.1 Å². The fourth-order valence-corrected chi connectivity index (χ4v) is 1.85. The van der Waals surface area contributed by atoms with Gasteiger partial charge in [0.1, 0.15) is 5.69 Å². The number of rotatable bonds is 3. The van der Waals surface area contributed by atoms with Crippen LogP contribution in [-0.2, 0) is 6.54 Å². The Morgan fingerprint density at radius 1 is 1.62 bits per heavy atom. The van der Waals surface area contributed by atoms with Crippen molar-refractivity contribution in [2.24, 2.45) is 0 Å². The summed E-state index contributed by atoms with van der Waals surface area (Å²) in [5, 5.41) is 3.23. The molecule has 1 saturated heterocycles. The van der Waals surface area contributed by atoms with Crippen molar-refractivity contribution in [1.29, 1.82) is 0 Å². The smallest absolute Gasteiger partial charge is 0.280 e. The average molecular weight is 229 g/mol. The highest BCUT2D eigenvalue weighted by Crippen LogP contribution is 2.13. The standard InChI is InChI=1S/C10H13F2N3O/c11-10(12)8-4-9(16)15(6-14-8)5-7-2-1-3-13-7/h4,6-7,10,13H,1-3,5H2. The van der Waals surface area contributed by atoms with E-state index in [0.717, 1.165) is 25.5 Å². The van der Waals surface area contributed by atoms with Gasteiger partial charge < -0.3 is 5.32 Å². The minimum absolute atomic E-state index is 0.247. The minimum Gasteiger partial charge on any atom is -0.312 e. The molecule has 0 radical (unpaired) electrons. The molecule has 2 rings (SSSR count). The molecule has 6 heteroatoms. The summed E-state index contributed by atoms with van der Waals surface area (Å²) in [5.74, 6) is 0. The highest BCUT2D eigenvalue weighted by molar-refractivity contribution is 5.01. The van der Waals surface area contributed by atoms with Crippen LogP contribution in [0.3, 0.4) is 0 Å². The van der Waals surface area contributed by atoms with Gasteiger partial charge in [0.25, 0.3) is 12.0 Å². The zero-order valence-electron chi connectivity index (χ0n) is 8.70. The first-order valence-corrected chi connectivity index (χ1v) is 5.25. The monoisotopic (exact) mass is 229 g/mol. The van der Waals surface area contributed by atoms with Crippen molar-refractivity contribution in [1.82, 2.24) is 14.9 Å². The van der Waals surface area contributed by atoms with Crippen molar-refractivity contribution < 1.29 is 8.78 Å². The number of alkyl halides is 2. The quantitative estimate of drug-likeness (QED) is 0.838. The van der Waals surface area contributed by atoms with E-state index in [1.54, 1.807) is 0 Å². The number of hydrogen-bond acceptors (Lipinski definition) is 3. The number of nitrogens with zero attached hydrogens (tertiary/aromatic N) is 2. The lowest BCUT2D eigenvalue weighted by Crippen LogP contribution is -2.32. The Bertz CT molecular complexity index is 413. The average Bonchev–Trinajstić information content (AvgIpc) is 2.73. The van der Waals surface area contributed by atoms with Gasteiger partial charge >= 0.3 is 0 Å². The van der Waals surface area contributed by atoms with Crippen LogP contribution >= 0.6 is 0 Å². The second-order valence-corrected chi connectivity index (χ2v) is 3.90. The molecular formula is C10H13F2N3O. The topological polar surface area (TPSA) is 46.9 Å². The first kappa shape index (κ1) is 11.2. The van der Waals surface area contributed by atoms with E-state index in [4.69, 9.17) is 0 Å². The van der Waals surface area contributed by atoms with E-state index in [2.05, 4.69) is 10.3 Å². The van der Waals surface area contributed by atoms with Crippen LogP contribution in [0.5, 0.6) is 0 Å². The molecule has 1 aromatic rings. The lowest BCUT2D eigenvalue weighted by atomic mass is 10.2. The summed E-state index contributed by atoms with van der Waals surface area (Å²) < 4.78 is 25.9. The highest BCUT2D eigenvalue weighted by atomic mass is 19.3. The Kier molecular flexibility index (Phi) is 3.28. The van der Waals surface area contributed by atoms with E-state index in [-0.39, 0.29) is 6.04 Å². The summed E-state index contributed by atoms with van der Waals surface area (Å²) in [6.45, 7) is 1.44. The van der Waals surface area contributed by atoms with Crippen LogP contribution in [0.25, 0.3) is 0 Å². The summed E-state index contributed by atoms with van der Waals surface area (Å²) >= 11 is 0. The highest BCUT2D eigenvalue weighted by Gasteiger charge is 2.16. The number of halogens is 2. The summed E-state index contributed by atoms with van der Waals surface area (Å²) in [6, 6.07) is 1.15. The normalized spacial score (nSPS) is 20.6. The molecular weight excluding hydrogens is 216 g/mol. The van der Waals surface area contributed by atoms with Crippen LogP contribution in [0.15, 0.2) is 17.2 Å². The molecule has 1 N–H and O–H groups in total. The summed E-state index contributed by atoms with van der Waals surface area (Å²) in [5.41, 5.74) is -0.875. The predicted octanol–water partition coefficient (Wildman–Crippen LogP) is 0.933. The van der Waals surface area contributed by atoms with E-state index >= 15 is 0 Å². The summed E-state index contributed by atoms with van der Waals surface area (Å²) in [6.07, 6.45) is 0.599. The van der Waals surface area contributed by atoms with Crippen molar-refractivity contribution >= 4 is 0 Å². The third-order valence-electron chi connectivity index (χ3n) is 2.70. The molecule has 1 aliphatic heterocycles. The fraction of sp³-hybridized carbons (Fsp3) is 0.600. The van der Waals surface area contributed by atoms with Crippen molar-refractivity contribution in [2.45, 2.75) is 31.9 Å². The maximum atomic E-state index is 12.3. The second-order valence-electron chi connectivity index (χ2n) is 3.90. The molecule has 4 nitrogen and oxygen atoms in total. The van der Waals surface area contributed by atoms with E-state index < -0.39 is 17.7 Å². The van der Waals surface area contributed by atoms with Gasteiger partial charge in [0.2, 0.25) is 0 Å². The summed E-state index contributed by atoms with van der Waals surface area (Å²) in [4.78, 5) is 15.1. The van der Waals surface area contributed by atoms with Crippen molar-refractivity contribution in [3.05, 3.63) is 28.4 Å². The Morgan fingerprint density at radius 3 is 3.00 bits per heavy atom. The molecule has 1 fully saturated rings. The van der Waals surface area contributed by atoms with Gasteiger partial charge in [-0.2, -0.15) is 0 Å². The molecule has 0 saturated carbocycles. The Balaban J connectivity index is 2.13. The lowest BCUT2D eigenvalue weighted by molar-refractivity contribution is 0.145. The molecule has 1 atom stereocenters. The second kappa shape index (κ2) is 4.69. The van der Waals surface area contributed by atoms with E-state index in [1.807, 2.05) is 0 Å². The Morgan fingerprint density at radius 2 is 2.44 bits per heavy atom. The van der Waals surface area contributed by atoms with Gasteiger partial charge in [-0.3, -0.25) is 9.36 Å². The van der Waals surface area contributed by atoms with Gasteiger partial charge in [-0.05, 0) is 19.4 Å².